The first kappa shape index (κ1) is 18.4. The van der Waals surface area contributed by atoms with E-state index in [1.807, 2.05) is 6.92 Å². The number of amides is 1. The fourth-order valence-corrected chi connectivity index (χ4v) is 4.48. The summed E-state index contributed by atoms with van der Waals surface area (Å²) in [5.74, 6) is 0.173. The number of rotatable bonds is 6. The number of benzene rings is 1. The molecule has 0 heterocycles. The quantitative estimate of drug-likeness (QED) is 0.719. The molecule has 0 aromatic heterocycles. The highest BCUT2D eigenvalue weighted by atomic mass is 32.2. The van der Waals surface area contributed by atoms with Crippen LogP contribution in [0.5, 0.6) is 0 Å². The van der Waals surface area contributed by atoms with Gasteiger partial charge >= 0.3 is 0 Å². The van der Waals surface area contributed by atoms with Gasteiger partial charge in [-0.05, 0) is 62.8 Å². The van der Waals surface area contributed by atoms with Crippen molar-refractivity contribution in [2.24, 2.45) is 17.6 Å². The highest BCUT2D eigenvalue weighted by Crippen LogP contribution is 2.32. The molecule has 0 saturated heterocycles. The summed E-state index contributed by atoms with van der Waals surface area (Å²) < 4.78 is 27.1. The Kier molecular flexibility index (Phi) is 5.18. The summed E-state index contributed by atoms with van der Waals surface area (Å²) in [4.78, 5) is 12.7. The maximum atomic E-state index is 12.5. The van der Waals surface area contributed by atoms with Crippen molar-refractivity contribution in [3.63, 3.8) is 0 Å². The average Bonchev–Trinajstić information content (AvgIpc) is 3.37. The molecule has 2 fully saturated rings. The van der Waals surface area contributed by atoms with Gasteiger partial charge in [0.25, 0.3) is 0 Å². The standard InChI is InChI=1S/C18H27N3O3S/c1-18(19)11-3-2-4-16(18)17(22)21-14-7-9-15(10-8-14)25(23,24)20-12-13-5-6-13/h7-10,13,16,20H,2-6,11-12,19H2,1H3,(H,21,22). The molecule has 2 aliphatic carbocycles. The Balaban J connectivity index is 1.62. The van der Waals surface area contributed by atoms with Crippen LogP contribution in [0.1, 0.15) is 45.4 Å². The lowest BCUT2D eigenvalue weighted by Crippen LogP contribution is -2.51. The van der Waals surface area contributed by atoms with Crippen LogP contribution in [0, 0.1) is 11.8 Å². The fraction of sp³-hybridized carbons (Fsp3) is 0.611. The normalized spacial score (nSPS) is 27.0. The molecule has 1 aromatic rings. The van der Waals surface area contributed by atoms with Crippen LogP contribution in [0.15, 0.2) is 29.2 Å². The molecule has 6 nitrogen and oxygen atoms in total. The maximum absolute atomic E-state index is 12.5. The van der Waals surface area contributed by atoms with Gasteiger partial charge in [-0.2, -0.15) is 0 Å². The third-order valence-corrected chi connectivity index (χ3v) is 6.70. The van der Waals surface area contributed by atoms with Crippen LogP contribution >= 0.6 is 0 Å². The monoisotopic (exact) mass is 365 g/mol. The third-order valence-electron chi connectivity index (χ3n) is 5.26. The zero-order valence-electron chi connectivity index (χ0n) is 14.6. The van der Waals surface area contributed by atoms with Gasteiger partial charge in [-0.3, -0.25) is 4.79 Å². The molecule has 2 unspecified atom stereocenters. The molecule has 0 aliphatic heterocycles. The Hall–Kier alpha value is -1.44. The molecular weight excluding hydrogens is 338 g/mol. The number of carbonyl (C=O) groups is 1. The van der Waals surface area contributed by atoms with Crippen molar-refractivity contribution < 1.29 is 13.2 Å². The summed E-state index contributed by atoms with van der Waals surface area (Å²) >= 11 is 0. The molecule has 2 saturated carbocycles. The molecular formula is C18H27N3O3S. The van der Waals surface area contributed by atoms with Crippen LogP contribution in [0.2, 0.25) is 0 Å². The molecule has 1 amide bonds. The number of sulfonamides is 1. The van der Waals surface area contributed by atoms with Crippen LogP contribution in [0.25, 0.3) is 0 Å². The lowest BCUT2D eigenvalue weighted by molar-refractivity contribution is -0.122. The van der Waals surface area contributed by atoms with Gasteiger partial charge in [0.1, 0.15) is 0 Å². The molecule has 138 valence electrons. The highest BCUT2D eigenvalue weighted by Gasteiger charge is 2.37. The first-order valence-electron chi connectivity index (χ1n) is 8.97. The molecule has 2 aliphatic rings. The van der Waals surface area contributed by atoms with Crippen molar-refractivity contribution in [2.45, 2.75) is 55.9 Å². The summed E-state index contributed by atoms with van der Waals surface area (Å²) in [6.07, 6.45) is 5.88. The minimum Gasteiger partial charge on any atom is -0.326 e. The lowest BCUT2D eigenvalue weighted by atomic mass is 9.74. The van der Waals surface area contributed by atoms with Crippen LogP contribution in [0.3, 0.4) is 0 Å². The van der Waals surface area contributed by atoms with Crippen molar-refractivity contribution >= 4 is 21.6 Å². The third kappa shape index (κ3) is 4.59. The van der Waals surface area contributed by atoms with Crippen LogP contribution in [-0.2, 0) is 14.8 Å². The van der Waals surface area contributed by atoms with E-state index >= 15 is 0 Å². The SMILES string of the molecule is CC1(N)CCCCC1C(=O)Nc1ccc(S(=O)(=O)NCC2CC2)cc1. The van der Waals surface area contributed by atoms with Crippen molar-refractivity contribution in [3.8, 4) is 0 Å². The molecule has 0 spiro atoms. The van der Waals surface area contributed by atoms with Crippen LogP contribution < -0.4 is 15.8 Å². The van der Waals surface area contributed by atoms with Gasteiger partial charge in [-0.15, -0.1) is 0 Å². The Morgan fingerprint density at radius 3 is 2.48 bits per heavy atom. The van der Waals surface area contributed by atoms with E-state index in [-0.39, 0.29) is 16.7 Å². The van der Waals surface area contributed by atoms with Gasteiger partial charge in [0.05, 0.1) is 10.8 Å². The van der Waals surface area contributed by atoms with Gasteiger partial charge in [0.2, 0.25) is 15.9 Å². The van der Waals surface area contributed by atoms with E-state index in [0.29, 0.717) is 18.2 Å². The van der Waals surface area contributed by atoms with E-state index in [1.165, 1.54) is 12.1 Å². The molecule has 7 heteroatoms. The van der Waals surface area contributed by atoms with Gasteiger partial charge in [0.15, 0.2) is 0 Å². The smallest absolute Gasteiger partial charge is 0.240 e. The van der Waals surface area contributed by atoms with E-state index in [1.54, 1.807) is 12.1 Å². The zero-order chi connectivity index (χ0) is 18.1. The average molecular weight is 365 g/mol. The molecule has 0 radical (unpaired) electrons. The van der Waals surface area contributed by atoms with Gasteiger partial charge in [0, 0.05) is 17.8 Å². The van der Waals surface area contributed by atoms with E-state index in [0.717, 1.165) is 38.5 Å². The van der Waals surface area contributed by atoms with Crippen LogP contribution in [-0.4, -0.2) is 26.4 Å². The summed E-state index contributed by atoms with van der Waals surface area (Å²) in [7, 11) is -3.48. The maximum Gasteiger partial charge on any atom is 0.240 e. The van der Waals surface area contributed by atoms with E-state index < -0.39 is 15.6 Å². The van der Waals surface area contributed by atoms with Crippen LogP contribution in [0.4, 0.5) is 5.69 Å². The number of hydrogen-bond acceptors (Lipinski definition) is 4. The highest BCUT2D eigenvalue weighted by molar-refractivity contribution is 7.89. The molecule has 3 rings (SSSR count). The number of nitrogens with one attached hydrogen (secondary N) is 2. The summed E-state index contributed by atoms with van der Waals surface area (Å²) in [5.41, 5.74) is 6.37. The van der Waals surface area contributed by atoms with E-state index in [4.69, 9.17) is 5.73 Å². The second-order valence-electron chi connectivity index (χ2n) is 7.61. The van der Waals surface area contributed by atoms with Crippen molar-refractivity contribution in [1.29, 1.82) is 0 Å². The van der Waals surface area contributed by atoms with Gasteiger partial charge in [-0.1, -0.05) is 12.8 Å². The Morgan fingerprint density at radius 1 is 1.20 bits per heavy atom. The Morgan fingerprint density at radius 2 is 1.88 bits per heavy atom. The summed E-state index contributed by atoms with van der Waals surface area (Å²) in [5, 5.41) is 2.87. The molecule has 0 bridgehead atoms. The number of nitrogens with two attached hydrogens (primary N) is 1. The summed E-state index contributed by atoms with van der Waals surface area (Å²) in [6, 6.07) is 6.29. The lowest BCUT2D eigenvalue weighted by Gasteiger charge is -2.37. The number of carbonyl (C=O) groups excluding carboxylic acids is 1. The largest absolute Gasteiger partial charge is 0.326 e. The van der Waals surface area contributed by atoms with E-state index in [2.05, 4.69) is 10.0 Å². The predicted octanol–water partition coefficient (Wildman–Crippen LogP) is 2.22. The second kappa shape index (κ2) is 7.05. The number of anilines is 1. The molecule has 2 atom stereocenters. The Labute approximate surface area is 149 Å². The molecule has 25 heavy (non-hydrogen) atoms. The van der Waals surface area contributed by atoms with Crippen molar-refractivity contribution in [2.75, 3.05) is 11.9 Å². The summed E-state index contributed by atoms with van der Waals surface area (Å²) in [6.45, 7) is 2.43. The predicted molar refractivity (Wildman–Crippen MR) is 97.5 cm³/mol. The van der Waals surface area contributed by atoms with Crippen molar-refractivity contribution in [3.05, 3.63) is 24.3 Å². The van der Waals surface area contributed by atoms with Gasteiger partial charge in [-0.25, -0.2) is 13.1 Å². The first-order valence-corrected chi connectivity index (χ1v) is 10.5. The molecule has 4 N–H and O–H groups in total. The minimum atomic E-state index is -3.48. The zero-order valence-corrected chi connectivity index (χ0v) is 15.4. The second-order valence-corrected chi connectivity index (χ2v) is 9.38. The topological polar surface area (TPSA) is 101 Å². The van der Waals surface area contributed by atoms with E-state index in [9.17, 15) is 13.2 Å². The van der Waals surface area contributed by atoms with Gasteiger partial charge < -0.3 is 11.1 Å². The molecule has 1 aromatic carbocycles. The minimum absolute atomic E-state index is 0.0906. The Bertz CT molecular complexity index is 724. The number of hydrogen-bond donors (Lipinski definition) is 3. The first-order chi connectivity index (χ1) is 11.8. The fourth-order valence-electron chi connectivity index (χ4n) is 3.37. The van der Waals surface area contributed by atoms with Crippen molar-refractivity contribution in [1.82, 2.24) is 4.72 Å².